The second-order valence-corrected chi connectivity index (χ2v) is 8.10. The molecule has 1 aliphatic carbocycles. The van der Waals surface area contributed by atoms with E-state index in [4.69, 9.17) is 5.26 Å². The SMILES string of the molecule is N#Cc1cc(F)ccc1CN(C1CC1)[C@@H]1CCS(=O)(=O)C1. The topological polar surface area (TPSA) is 61.2 Å². The van der Waals surface area contributed by atoms with Crippen molar-refractivity contribution in [3.8, 4) is 6.07 Å². The highest BCUT2D eigenvalue weighted by Gasteiger charge is 2.39. The van der Waals surface area contributed by atoms with Crippen LogP contribution in [0, 0.1) is 17.1 Å². The van der Waals surface area contributed by atoms with Crippen molar-refractivity contribution >= 4 is 9.84 Å². The Balaban J connectivity index is 1.82. The lowest BCUT2D eigenvalue weighted by atomic mass is 10.1. The van der Waals surface area contributed by atoms with Crippen molar-refractivity contribution in [1.29, 1.82) is 5.26 Å². The number of nitriles is 1. The number of benzene rings is 1. The molecule has 1 aromatic carbocycles. The van der Waals surface area contributed by atoms with Gasteiger partial charge in [0, 0.05) is 18.6 Å². The average Bonchev–Trinajstić information content (AvgIpc) is 3.21. The molecule has 2 aliphatic rings. The molecule has 1 aliphatic heterocycles. The summed E-state index contributed by atoms with van der Waals surface area (Å²) in [5.74, 6) is 0.0267. The van der Waals surface area contributed by atoms with Crippen LogP contribution in [0.5, 0.6) is 0 Å². The van der Waals surface area contributed by atoms with Gasteiger partial charge in [0.05, 0.1) is 23.1 Å². The predicted molar refractivity (Wildman–Crippen MR) is 76.7 cm³/mol. The van der Waals surface area contributed by atoms with Gasteiger partial charge in [-0.05, 0) is 37.0 Å². The van der Waals surface area contributed by atoms with Crippen molar-refractivity contribution in [1.82, 2.24) is 4.90 Å². The Labute approximate surface area is 124 Å². The number of hydrogen-bond donors (Lipinski definition) is 0. The van der Waals surface area contributed by atoms with Crippen molar-refractivity contribution in [2.24, 2.45) is 0 Å². The minimum Gasteiger partial charge on any atom is -0.292 e. The molecule has 1 saturated heterocycles. The van der Waals surface area contributed by atoms with Crippen LogP contribution in [0.2, 0.25) is 0 Å². The van der Waals surface area contributed by atoms with Gasteiger partial charge in [-0.3, -0.25) is 4.90 Å². The number of rotatable bonds is 4. The summed E-state index contributed by atoms with van der Waals surface area (Å²) in [7, 11) is -2.93. The fourth-order valence-electron chi connectivity index (χ4n) is 2.99. The van der Waals surface area contributed by atoms with Crippen molar-refractivity contribution in [2.45, 2.75) is 37.9 Å². The molecule has 1 atom stereocenters. The quantitative estimate of drug-likeness (QED) is 0.851. The van der Waals surface area contributed by atoms with E-state index in [0.717, 1.165) is 18.4 Å². The molecule has 4 nitrogen and oxygen atoms in total. The van der Waals surface area contributed by atoms with Crippen molar-refractivity contribution in [3.63, 3.8) is 0 Å². The van der Waals surface area contributed by atoms with Crippen molar-refractivity contribution in [2.75, 3.05) is 11.5 Å². The standard InChI is InChI=1S/C15H17FN2O2S/c16-13-2-1-11(12(7-13)8-17)9-18(14-3-4-14)15-5-6-21(19,20)10-15/h1-2,7,14-15H,3-6,9-10H2/t15-/m1/s1. The maximum atomic E-state index is 13.2. The summed E-state index contributed by atoms with van der Waals surface area (Å²) >= 11 is 0. The van der Waals surface area contributed by atoms with Gasteiger partial charge in [-0.1, -0.05) is 6.07 Å². The molecule has 0 bridgehead atoms. The molecule has 0 spiro atoms. The van der Waals surface area contributed by atoms with Gasteiger partial charge < -0.3 is 0 Å². The van der Waals surface area contributed by atoms with E-state index in [1.54, 1.807) is 6.07 Å². The average molecular weight is 308 g/mol. The molecule has 0 unspecified atom stereocenters. The summed E-state index contributed by atoms with van der Waals surface area (Å²) in [5, 5.41) is 9.13. The molecule has 112 valence electrons. The molecule has 21 heavy (non-hydrogen) atoms. The third-order valence-electron chi connectivity index (χ3n) is 4.24. The highest BCUT2D eigenvalue weighted by molar-refractivity contribution is 7.91. The van der Waals surface area contributed by atoms with Gasteiger partial charge >= 0.3 is 0 Å². The van der Waals surface area contributed by atoms with E-state index in [1.165, 1.54) is 12.1 Å². The summed E-state index contributed by atoms with van der Waals surface area (Å²) in [4.78, 5) is 2.19. The van der Waals surface area contributed by atoms with E-state index in [9.17, 15) is 12.8 Å². The summed E-state index contributed by atoms with van der Waals surface area (Å²) < 4.78 is 36.6. The van der Waals surface area contributed by atoms with E-state index in [2.05, 4.69) is 4.90 Å². The minimum atomic E-state index is -2.93. The second kappa shape index (κ2) is 5.39. The van der Waals surface area contributed by atoms with Crippen LogP contribution in [-0.2, 0) is 16.4 Å². The minimum absolute atomic E-state index is 0.0269. The molecule has 0 amide bonds. The van der Waals surface area contributed by atoms with Crippen molar-refractivity contribution < 1.29 is 12.8 Å². The lowest BCUT2D eigenvalue weighted by Gasteiger charge is -2.28. The summed E-state index contributed by atoms with van der Waals surface area (Å²) in [6.45, 7) is 0.522. The number of halogens is 1. The first kappa shape index (κ1) is 14.5. The predicted octanol–water partition coefficient (Wildman–Crippen LogP) is 1.85. The molecule has 0 radical (unpaired) electrons. The van der Waals surface area contributed by atoms with Crippen LogP contribution in [0.15, 0.2) is 18.2 Å². The molecule has 1 aromatic rings. The highest BCUT2D eigenvalue weighted by atomic mass is 32.2. The Bertz CT molecular complexity index is 692. The molecular formula is C15H17FN2O2S. The van der Waals surface area contributed by atoms with Gasteiger partial charge in [0.1, 0.15) is 5.82 Å². The first-order valence-corrected chi connectivity index (χ1v) is 8.95. The fourth-order valence-corrected chi connectivity index (χ4v) is 4.73. The Morgan fingerprint density at radius 3 is 2.62 bits per heavy atom. The maximum absolute atomic E-state index is 13.2. The van der Waals surface area contributed by atoms with Crippen molar-refractivity contribution in [3.05, 3.63) is 35.1 Å². The molecule has 1 heterocycles. The Morgan fingerprint density at radius 2 is 2.05 bits per heavy atom. The van der Waals surface area contributed by atoms with Gasteiger partial charge in [0.15, 0.2) is 9.84 Å². The van der Waals surface area contributed by atoms with E-state index in [1.807, 2.05) is 6.07 Å². The molecule has 0 aromatic heterocycles. The van der Waals surface area contributed by atoms with Gasteiger partial charge in [-0.2, -0.15) is 5.26 Å². The van der Waals surface area contributed by atoms with Gasteiger partial charge in [0.25, 0.3) is 0 Å². The third-order valence-corrected chi connectivity index (χ3v) is 5.99. The van der Waals surface area contributed by atoms with Crippen LogP contribution in [0.4, 0.5) is 4.39 Å². The van der Waals surface area contributed by atoms with E-state index >= 15 is 0 Å². The van der Waals surface area contributed by atoms with Crippen LogP contribution >= 0.6 is 0 Å². The monoisotopic (exact) mass is 308 g/mol. The zero-order chi connectivity index (χ0) is 15.0. The first-order valence-electron chi connectivity index (χ1n) is 7.13. The molecule has 1 saturated carbocycles. The van der Waals surface area contributed by atoms with Gasteiger partial charge in [0.2, 0.25) is 0 Å². The van der Waals surface area contributed by atoms with Gasteiger partial charge in [-0.25, -0.2) is 12.8 Å². The molecule has 3 rings (SSSR count). The van der Waals surface area contributed by atoms with Gasteiger partial charge in [-0.15, -0.1) is 0 Å². The lowest BCUT2D eigenvalue weighted by molar-refractivity contribution is 0.193. The number of nitrogens with zero attached hydrogens (tertiary/aromatic N) is 2. The second-order valence-electron chi connectivity index (χ2n) is 5.87. The molecule has 0 N–H and O–H groups in total. The zero-order valence-electron chi connectivity index (χ0n) is 11.6. The Kier molecular flexibility index (Phi) is 3.72. The van der Waals surface area contributed by atoms with Crippen LogP contribution in [0.25, 0.3) is 0 Å². The van der Waals surface area contributed by atoms with Crippen LogP contribution in [-0.4, -0.2) is 36.9 Å². The van der Waals surface area contributed by atoms with E-state index < -0.39 is 15.7 Å². The molecule has 2 fully saturated rings. The summed E-state index contributed by atoms with van der Waals surface area (Å²) in [5.41, 5.74) is 1.11. The molecule has 6 heteroatoms. The molecular weight excluding hydrogens is 291 g/mol. The Hall–Kier alpha value is -1.45. The number of sulfone groups is 1. The third kappa shape index (κ3) is 3.25. The smallest absolute Gasteiger partial charge is 0.151 e. The van der Waals surface area contributed by atoms with Crippen LogP contribution < -0.4 is 0 Å². The maximum Gasteiger partial charge on any atom is 0.151 e. The highest BCUT2D eigenvalue weighted by Crippen LogP contribution is 2.34. The fraction of sp³-hybridized carbons (Fsp3) is 0.533. The number of hydrogen-bond acceptors (Lipinski definition) is 4. The van der Waals surface area contributed by atoms with E-state index in [0.29, 0.717) is 24.6 Å². The van der Waals surface area contributed by atoms with Crippen LogP contribution in [0.3, 0.4) is 0 Å². The normalized spacial score (nSPS) is 24.1. The van der Waals surface area contributed by atoms with Crippen LogP contribution in [0.1, 0.15) is 30.4 Å². The first-order chi connectivity index (χ1) is 9.98. The largest absolute Gasteiger partial charge is 0.292 e. The van der Waals surface area contributed by atoms with E-state index in [-0.39, 0.29) is 17.5 Å². The Morgan fingerprint density at radius 1 is 1.29 bits per heavy atom. The summed E-state index contributed by atoms with van der Waals surface area (Å²) in [6, 6.07) is 6.68. The zero-order valence-corrected chi connectivity index (χ0v) is 12.4. The summed E-state index contributed by atoms with van der Waals surface area (Å²) in [6.07, 6.45) is 2.79. The lowest BCUT2D eigenvalue weighted by Crippen LogP contribution is -2.37.